The summed E-state index contributed by atoms with van der Waals surface area (Å²) in [7, 11) is 0. The molecule has 0 bridgehead atoms. The van der Waals surface area contributed by atoms with E-state index >= 15 is 0 Å². The van der Waals surface area contributed by atoms with Gasteiger partial charge in [-0.3, -0.25) is 14.7 Å². The minimum atomic E-state index is -0.0764. The topological polar surface area (TPSA) is 131 Å². The molecule has 1 atom stereocenters. The number of aromatic nitrogens is 6. The third-order valence-corrected chi connectivity index (χ3v) is 6.94. The van der Waals surface area contributed by atoms with Crippen molar-refractivity contribution < 1.29 is 9.53 Å². The highest BCUT2D eigenvalue weighted by Gasteiger charge is 2.35. The summed E-state index contributed by atoms with van der Waals surface area (Å²) >= 11 is 0. The number of nitrogens with zero attached hydrogens (tertiary/aromatic N) is 7. The van der Waals surface area contributed by atoms with Gasteiger partial charge in [0.2, 0.25) is 0 Å². The van der Waals surface area contributed by atoms with Crippen molar-refractivity contribution in [2.45, 2.75) is 32.4 Å². The largest absolute Gasteiger partial charge is 0.461 e. The predicted molar refractivity (Wildman–Crippen MR) is 148 cm³/mol. The van der Waals surface area contributed by atoms with Crippen LogP contribution in [0.2, 0.25) is 0 Å². The highest BCUT2D eigenvalue weighted by atomic mass is 16.5. The number of carbonyl (C=O) groups excluding carboxylic acids is 1. The van der Waals surface area contributed by atoms with Crippen molar-refractivity contribution in [3.63, 3.8) is 0 Å². The maximum atomic E-state index is 12.4. The normalized spacial score (nSPS) is 17.4. The molecule has 0 aliphatic carbocycles. The first kappa shape index (κ1) is 25.9. The van der Waals surface area contributed by atoms with E-state index < -0.39 is 0 Å². The van der Waals surface area contributed by atoms with Crippen molar-refractivity contribution in [2.75, 3.05) is 31.5 Å². The highest BCUT2D eigenvalue weighted by Crippen LogP contribution is 2.22. The Balaban J connectivity index is 1.04. The van der Waals surface area contributed by atoms with E-state index in [0.29, 0.717) is 42.8 Å². The van der Waals surface area contributed by atoms with Crippen LogP contribution in [0, 0.1) is 12.8 Å². The molecule has 11 nitrogen and oxygen atoms in total. The fourth-order valence-electron chi connectivity index (χ4n) is 4.91. The van der Waals surface area contributed by atoms with Crippen LogP contribution >= 0.6 is 0 Å². The Morgan fingerprint density at radius 2 is 1.88 bits per heavy atom. The van der Waals surface area contributed by atoms with Gasteiger partial charge in [-0.15, -0.1) is 0 Å². The molecule has 0 radical (unpaired) electrons. The number of rotatable bonds is 9. The summed E-state index contributed by atoms with van der Waals surface area (Å²) in [4.78, 5) is 41.6. The summed E-state index contributed by atoms with van der Waals surface area (Å²) in [5.74, 6) is 2.36. The summed E-state index contributed by atoms with van der Waals surface area (Å²) in [5, 5.41) is 6.48. The van der Waals surface area contributed by atoms with Crippen LogP contribution < -0.4 is 10.6 Å². The van der Waals surface area contributed by atoms with Crippen LogP contribution in [0.1, 0.15) is 29.1 Å². The van der Waals surface area contributed by atoms with E-state index in [1.165, 1.54) is 0 Å². The maximum absolute atomic E-state index is 12.4. The van der Waals surface area contributed by atoms with Gasteiger partial charge >= 0.3 is 5.97 Å². The minimum absolute atomic E-state index is 0.0210. The summed E-state index contributed by atoms with van der Waals surface area (Å²) < 4.78 is 5.61. The number of pyridine rings is 2. The molecular formula is C29H31N9O2. The molecule has 6 rings (SSSR count). The van der Waals surface area contributed by atoms with Gasteiger partial charge in [-0.1, -0.05) is 12.1 Å². The van der Waals surface area contributed by atoms with Gasteiger partial charge in [0.25, 0.3) is 0 Å². The van der Waals surface area contributed by atoms with Crippen LogP contribution in [0.4, 0.5) is 11.6 Å². The summed E-state index contributed by atoms with van der Waals surface area (Å²) in [6.07, 6.45) is 8.60. The van der Waals surface area contributed by atoms with Crippen molar-refractivity contribution in [1.29, 1.82) is 0 Å². The van der Waals surface area contributed by atoms with Crippen LogP contribution in [0.5, 0.6) is 0 Å². The first-order chi connectivity index (χ1) is 19.6. The van der Waals surface area contributed by atoms with Crippen molar-refractivity contribution in [1.82, 2.24) is 40.1 Å². The SMILES string of the molecule is Cc1cccc(-c2nccc(Nc3ccnc(Cc4cncc(CN5CC(C(=O)O[C@@H]6CCNC6)C5)c4)n3)n2)n1. The zero-order valence-electron chi connectivity index (χ0n) is 22.3. The smallest absolute Gasteiger partial charge is 0.311 e. The van der Waals surface area contributed by atoms with Crippen molar-refractivity contribution in [3.8, 4) is 11.5 Å². The number of hydrogen-bond donors (Lipinski definition) is 2. The fourth-order valence-corrected chi connectivity index (χ4v) is 4.91. The molecule has 2 saturated heterocycles. The van der Waals surface area contributed by atoms with E-state index in [4.69, 9.17) is 4.74 Å². The average molecular weight is 538 g/mol. The van der Waals surface area contributed by atoms with Gasteiger partial charge in [0.15, 0.2) is 5.82 Å². The molecule has 0 saturated carbocycles. The molecule has 0 aromatic carbocycles. The Morgan fingerprint density at radius 3 is 2.70 bits per heavy atom. The van der Waals surface area contributed by atoms with Crippen LogP contribution in [0.25, 0.3) is 11.5 Å². The number of esters is 1. The van der Waals surface area contributed by atoms with E-state index in [1.807, 2.05) is 37.5 Å². The lowest BCUT2D eigenvalue weighted by molar-refractivity contribution is -0.159. The quantitative estimate of drug-likeness (QED) is 0.306. The van der Waals surface area contributed by atoms with Crippen molar-refractivity contribution in [2.24, 2.45) is 5.92 Å². The van der Waals surface area contributed by atoms with E-state index in [9.17, 15) is 4.79 Å². The van der Waals surface area contributed by atoms with Crippen LogP contribution in [-0.4, -0.2) is 73.1 Å². The van der Waals surface area contributed by atoms with Crippen LogP contribution in [-0.2, 0) is 22.5 Å². The number of likely N-dealkylation sites (tertiary alicyclic amines) is 1. The molecule has 40 heavy (non-hydrogen) atoms. The minimum Gasteiger partial charge on any atom is -0.461 e. The first-order valence-corrected chi connectivity index (χ1v) is 13.5. The zero-order chi connectivity index (χ0) is 27.3. The van der Waals surface area contributed by atoms with Gasteiger partial charge in [-0.25, -0.2) is 24.9 Å². The lowest BCUT2D eigenvalue weighted by atomic mass is 9.99. The summed E-state index contributed by atoms with van der Waals surface area (Å²) in [6.45, 7) is 5.78. The molecule has 4 aromatic heterocycles. The summed E-state index contributed by atoms with van der Waals surface area (Å²) in [5.41, 5.74) is 3.74. The van der Waals surface area contributed by atoms with Crippen LogP contribution in [0.3, 0.4) is 0 Å². The molecule has 0 spiro atoms. The second-order valence-corrected chi connectivity index (χ2v) is 10.2. The second kappa shape index (κ2) is 11.8. The van der Waals surface area contributed by atoms with Gasteiger partial charge in [-0.2, -0.15) is 0 Å². The molecule has 0 unspecified atom stereocenters. The van der Waals surface area contributed by atoms with Crippen molar-refractivity contribution in [3.05, 3.63) is 83.8 Å². The Labute approximate surface area is 232 Å². The molecule has 2 aliphatic rings. The second-order valence-electron chi connectivity index (χ2n) is 10.2. The number of nitrogens with one attached hydrogen (secondary N) is 2. The summed E-state index contributed by atoms with van der Waals surface area (Å²) in [6, 6.07) is 11.5. The first-order valence-electron chi connectivity index (χ1n) is 13.5. The standard InChI is InChI=1S/C29H31N9O2/c1-19-3-2-4-24(34-19)28-33-10-7-26(37-28)35-25-6-9-32-27(36-25)12-20-11-21(14-31-13-20)16-38-17-22(18-38)29(39)40-23-5-8-30-15-23/h2-4,6-7,9-11,13-14,22-23,30H,5,8,12,15-18H2,1H3,(H,32,33,35,36,37)/t23-/m1/s1. The Morgan fingerprint density at radius 1 is 1.05 bits per heavy atom. The molecule has 4 aromatic rings. The van der Waals surface area contributed by atoms with Gasteiger partial charge < -0.3 is 15.4 Å². The van der Waals surface area contributed by atoms with E-state index in [1.54, 1.807) is 24.5 Å². The van der Waals surface area contributed by atoms with Gasteiger partial charge in [0.1, 0.15) is 29.3 Å². The molecule has 2 N–H and O–H groups in total. The van der Waals surface area contributed by atoms with E-state index in [2.05, 4.69) is 51.5 Å². The number of aryl methyl sites for hydroxylation is 1. The van der Waals surface area contributed by atoms with Gasteiger partial charge in [-0.05, 0) is 55.3 Å². The number of hydrogen-bond acceptors (Lipinski definition) is 11. The Bertz CT molecular complexity index is 1490. The van der Waals surface area contributed by atoms with Gasteiger partial charge in [0, 0.05) is 63.1 Å². The molecule has 2 aliphatic heterocycles. The van der Waals surface area contributed by atoms with Gasteiger partial charge in [0.05, 0.1) is 5.92 Å². The average Bonchev–Trinajstić information content (AvgIpc) is 3.44. The molecule has 6 heterocycles. The van der Waals surface area contributed by atoms with E-state index in [0.717, 1.165) is 48.6 Å². The molecule has 11 heteroatoms. The third kappa shape index (κ3) is 6.44. The maximum Gasteiger partial charge on any atom is 0.311 e. The zero-order valence-corrected chi connectivity index (χ0v) is 22.3. The molecule has 204 valence electrons. The van der Waals surface area contributed by atoms with Crippen LogP contribution in [0.15, 0.2) is 61.2 Å². The monoisotopic (exact) mass is 537 g/mol. The number of ether oxygens (including phenoxy) is 1. The molecular weight excluding hydrogens is 506 g/mol. The Hall–Kier alpha value is -4.35. The van der Waals surface area contributed by atoms with E-state index in [-0.39, 0.29) is 18.0 Å². The highest BCUT2D eigenvalue weighted by molar-refractivity contribution is 5.74. The Kier molecular flexibility index (Phi) is 7.64. The lowest BCUT2D eigenvalue weighted by Gasteiger charge is -2.38. The molecule has 0 amide bonds. The lowest BCUT2D eigenvalue weighted by Crippen LogP contribution is -2.50. The number of anilines is 2. The fraction of sp³-hybridized carbons (Fsp3) is 0.345. The predicted octanol–water partition coefficient (Wildman–Crippen LogP) is 2.70. The number of carbonyl (C=O) groups is 1. The third-order valence-electron chi connectivity index (χ3n) is 6.94. The van der Waals surface area contributed by atoms with Crippen molar-refractivity contribution >= 4 is 17.6 Å². The molecule has 2 fully saturated rings.